The molecule has 9 nitrogen and oxygen atoms in total. The molecule has 1 aromatic heterocycles. The van der Waals surface area contributed by atoms with Gasteiger partial charge in [-0.05, 0) is 6.07 Å². The van der Waals surface area contributed by atoms with Crippen molar-refractivity contribution in [3.8, 4) is 0 Å². The fraction of sp³-hybridized carbons (Fsp3) is 0.300. The van der Waals surface area contributed by atoms with Gasteiger partial charge in [-0.2, -0.15) is 5.10 Å². The number of amides is 4. The summed E-state index contributed by atoms with van der Waals surface area (Å²) in [5.41, 5.74) is -0.354. The number of aromatic amines is 1. The first kappa shape index (κ1) is 12.7. The molecular weight excluding hydrogens is 254 g/mol. The maximum Gasteiger partial charge on any atom is 0.324 e. The van der Waals surface area contributed by atoms with Crippen LogP contribution in [-0.4, -0.2) is 52.6 Å². The number of aromatic nitrogens is 2. The molecule has 0 aromatic carbocycles. The van der Waals surface area contributed by atoms with Gasteiger partial charge in [0.15, 0.2) is 0 Å². The second kappa shape index (κ2) is 5.29. The van der Waals surface area contributed by atoms with Gasteiger partial charge in [0.05, 0.1) is 6.54 Å². The molecule has 1 aliphatic rings. The molecule has 1 aliphatic heterocycles. The molecule has 100 valence electrons. The molecule has 0 saturated carbocycles. The highest BCUT2D eigenvalue weighted by Gasteiger charge is 2.27. The topological polar surface area (TPSA) is 124 Å². The van der Waals surface area contributed by atoms with Crippen molar-refractivity contribution < 1.29 is 14.4 Å². The predicted octanol–water partition coefficient (Wildman–Crippen LogP) is -1.95. The SMILES string of the molecule is O=C(NCCN1C(=O)CNC1=O)c1ccc(=O)[nH]n1. The van der Waals surface area contributed by atoms with E-state index >= 15 is 0 Å². The lowest BCUT2D eigenvalue weighted by molar-refractivity contribution is -0.124. The fourth-order valence-electron chi connectivity index (χ4n) is 1.52. The number of imide groups is 1. The first-order chi connectivity index (χ1) is 9.08. The van der Waals surface area contributed by atoms with Crippen LogP contribution in [0.15, 0.2) is 16.9 Å². The van der Waals surface area contributed by atoms with Gasteiger partial charge in [0.2, 0.25) is 5.91 Å². The van der Waals surface area contributed by atoms with Crippen molar-refractivity contribution in [2.24, 2.45) is 0 Å². The van der Waals surface area contributed by atoms with Crippen LogP contribution >= 0.6 is 0 Å². The number of rotatable bonds is 4. The summed E-state index contributed by atoms with van der Waals surface area (Å²) in [5, 5.41) is 10.5. The van der Waals surface area contributed by atoms with E-state index in [2.05, 4.69) is 20.8 Å². The molecule has 0 spiro atoms. The minimum absolute atomic E-state index is 0.0196. The van der Waals surface area contributed by atoms with Gasteiger partial charge < -0.3 is 10.6 Å². The Morgan fingerprint density at radius 2 is 2.16 bits per heavy atom. The van der Waals surface area contributed by atoms with E-state index in [9.17, 15) is 19.2 Å². The first-order valence-corrected chi connectivity index (χ1v) is 5.50. The molecule has 1 saturated heterocycles. The minimum atomic E-state index is -0.497. The third kappa shape index (κ3) is 2.94. The highest BCUT2D eigenvalue weighted by atomic mass is 16.2. The third-order valence-electron chi connectivity index (χ3n) is 2.47. The third-order valence-corrected chi connectivity index (χ3v) is 2.47. The average Bonchev–Trinajstić information content (AvgIpc) is 2.71. The van der Waals surface area contributed by atoms with Crippen LogP contribution < -0.4 is 16.2 Å². The Kier molecular flexibility index (Phi) is 3.55. The molecule has 0 radical (unpaired) electrons. The fourth-order valence-corrected chi connectivity index (χ4v) is 1.52. The Morgan fingerprint density at radius 3 is 2.74 bits per heavy atom. The summed E-state index contributed by atoms with van der Waals surface area (Å²) < 4.78 is 0. The van der Waals surface area contributed by atoms with Crippen LogP contribution in [0.1, 0.15) is 10.5 Å². The van der Waals surface area contributed by atoms with Crippen molar-refractivity contribution in [3.63, 3.8) is 0 Å². The van der Waals surface area contributed by atoms with Crippen LogP contribution in [0.3, 0.4) is 0 Å². The highest BCUT2D eigenvalue weighted by Crippen LogP contribution is 1.97. The number of carbonyl (C=O) groups is 3. The molecule has 0 unspecified atom stereocenters. The molecule has 4 amide bonds. The van der Waals surface area contributed by atoms with Crippen molar-refractivity contribution in [2.45, 2.75) is 0 Å². The van der Waals surface area contributed by atoms with E-state index in [1.807, 2.05) is 0 Å². The molecule has 0 bridgehead atoms. The number of carbonyl (C=O) groups excluding carboxylic acids is 3. The summed E-state index contributed by atoms with van der Waals surface area (Å²) in [4.78, 5) is 45.8. The maximum atomic E-state index is 11.6. The van der Waals surface area contributed by atoms with E-state index in [0.717, 1.165) is 4.90 Å². The molecule has 0 atom stereocenters. The zero-order chi connectivity index (χ0) is 13.8. The van der Waals surface area contributed by atoms with E-state index in [-0.39, 0.29) is 31.2 Å². The van der Waals surface area contributed by atoms with Crippen molar-refractivity contribution in [1.29, 1.82) is 0 Å². The molecule has 1 fully saturated rings. The largest absolute Gasteiger partial charge is 0.349 e. The Labute approximate surface area is 107 Å². The Hall–Kier alpha value is -2.71. The van der Waals surface area contributed by atoms with Gasteiger partial charge >= 0.3 is 6.03 Å². The van der Waals surface area contributed by atoms with Gasteiger partial charge in [-0.25, -0.2) is 9.89 Å². The van der Waals surface area contributed by atoms with Gasteiger partial charge in [-0.15, -0.1) is 0 Å². The highest BCUT2D eigenvalue weighted by molar-refractivity contribution is 6.02. The van der Waals surface area contributed by atoms with E-state index in [1.54, 1.807) is 0 Å². The predicted molar refractivity (Wildman–Crippen MR) is 62.3 cm³/mol. The summed E-state index contributed by atoms with van der Waals surface area (Å²) in [6.07, 6.45) is 0. The van der Waals surface area contributed by atoms with Crippen LogP contribution in [0.4, 0.5) is 4.79 Å². The molecule has 2 heterocycles. The van der Waals surface area contributed by atoms with Crippen molar-refractivity contribution in [2.75, 3.05) is 19.6 Å². The molecule has 1 aromatic rings. The number of nitrogens with one attached hydrogen (secondary N) is 3. The molecule has 3 N–H and O–H groups in total. The summed E-state index contributed by atoms with van der Waals surface area (Å²) >= 11 is 0. The zero-order valence-electron chi connectivity index (χ0n) is 9.80. The number of nitrogens with zero attached hydrogens (tertiary/aromatic N) is 2. The second-order valence-electron chi connectivity index (χ2n) is 3.77. The molecular formula is C10H11N5O4. The zero-order valence-corrected chi connectivity index (χ0v) is 9.80. The number of hydrogen-bond donors (Lipinski definition) is 3. The Morgan fingerprint density at radius 1 is 1.37 bits per heavy atom. The van der Waals surface area contributed by atoms with Gasteiger partial charge in [0.1, 0.15) is 5.69 Å². The summed E-state index contributed by atoms with van der Waals surface area (Å²) in [6.45, 7) is 0.173. The van der Waals surface area contributed by atoms with Gasteiger partial charge in [-0.1, -0.05) is 0 Å². The van der Waals surface area contributed by atoms with E-state index in [1.165, 1.54) is 12.1 Å². The summed E-state index contributed by atoms with van der Waals surface area (Å²) in [6, 6.07) is 1.99. The van der Waals surface area contributed by atoms with Gasteiger partial charge in [0, 0.05) is 19.2 Å². The van der Waals surface area contributed by atoms with E-state index < -0.39 is 17.5 Å². The van der Waals surface area contributed by atoms with Crippen molar-refractivity contribution in [1.82, 2.24) is 25.7 Å². The molecule has 0 aliphatic carbocycles. The van der Waals surface area contributed by atoms with Crippen molar-refractivity contribution >= 4 is 17.8 Å². The smallest absolute Gasteiger partial charge is 0.324 e. The molecule has 2 rings (SSSR count). The van der Waals surface area contributed by atoms with Crippen molar-refractivity contribution in [3.05, 3.63) is 28.2 Å². The lowest BCUT2D eigenvalue weighted by atomic mass is 10.3. The van der Waals surface area contributed by atoms with E-state index in [0.29, 0.717) is 0 Å². The minimum Gasteiger partial charge on any atom is -0.349 e. The lowest BCUT2D eigenvalue weighted by Crippen LogP contribution is -2.39. The van der Waals surface area contributed by atoms with Crippen LogP contribution in [0.25, 0.3) is 0 Å². The normalized spacial score (nSPS) is 14.4. The van der Waals surface area contributed by atoms with Crippen LogP contribution in [0, 0.1) is 0 Å². The van der Waals surface area contributed by atoms with Gasteiger partial charge in [-0.3, -0.25) is 19.3 Å². The molecule has 9 heteroatoms. The lowest BCUT2D eigenvalue weighted by Gasteiger charge is -2.12. The second-order valence-corrected chi connectivity index (χ2v) is 3.77. The van der Waals surface area contributed by atoms with E-state index in [4.69, 9.17) is 0 Å². The van der Waals surface area contributed by atoms with Crippen LogP contribution in [-0.2, 0) is 4.79 Å². The first-order valence-electron chi connectivity index (χ1n) is 5.50. The monoisotopic (exact) mass is 265 g/mol. The Bertz CT molecular complexity index is 545. The summed E-state index contributed by atoms with van der Waals surface area (Å²) in [5.74, 6) is -0.829. The average molecular weight is 265 g/mol. The number of H-pyrrole nitrogens is 1. The summed E-state index contributed by atoms with van der Waals surface area (Å²) in [7, 11) is 0. The van der Waals surface area contributed by atoms with Crippen LogP contribution in [0.5, 0.6) is 0 Å². The quantitative estimate of drug-likeness (QED) is 0.546. The maximum absolute atomic E-state index is 11.6. The number of urea groups is 1. The Balaban J connectivity index is 1.84. The number of hydrogen-bond acceptors (Lipinski definition) is 5. The molecule has 19 heavy (non-hydrogen) atoms. The van der Waals surface area contributed by atoms with Gasteiger partial charge in [0.25, 0.3) is 11.5 Å². The standard InChI is InChI=1S/C10H11N5O4/c16-7-2-1-6(13-14-7)9(18)11-3-4-15-8(17)5-12-10(15)19/h1-2H,3-5H2,(H,11,18)(H,12,19)(H,14,16). The van der Waals surface area contributed by atoms with Crippen LogP contribution in [0.2, 0.25) is 0 Å².